The molecule has 3 aliphatic rings. The van der Waals surface area contributed by atoms with Crippen LogP contribution in [0.25, 0.3) is 0 Å². The van der Waals surface area contributed by atoms with Crippen molar-refractivity contribution in [1.29, 1.82) is 0 Å². The third-order valence-electron chi connectivity index (χ3n) is 7.82. The molecule has 1 aromatic rings. The molecule has 1 atom stereocenters. The lowest BCUT2D eigenvalue weighted by molar-refractivity contribution is -0.141. The summed E-state index contributed by atoms with van der Waals surface area (Å²) in [6.07, 6.45) is 2.78. The molecule has 4 rings (SSSR count). The number of fused-ring (bicyclic) bond motifs is 1. The predicted molar refractivity (Wildman–Crippen MR) is 116 cm³/mol. The van der Waals surface area contributed by atoms with E-state index in [1.807, 2.05) is 24.8 Å². The molecule has 3 aliphatic heterocycles. The zero-order valence-electron chi connectivity index (χ0n) is 19.3. The standard InChI is InChI=1S/C24H37N3O3/c1-6-26-12-9-24(22(26)29)16-25(14-17(2)3)15-23(24)7-10-27(11-8-23)21(28)20-13-18(4)30-19(20)5/h13,17H,6-12,14-16H2,1-5H3. The summed E-state index contributed by atoms with van der Waals surface area (Å²) in [5.41, 5.74) is 0.399. The quantitative estimate of drug-likeness (QED) is 0.757. The number of aryl methyl sites for hydroxylation is 2. The molecule has 0 aromatic carbocycles. The van der Waals surface area contributed by atoms with Crippen molar-refractivity contribution in [2.24, 2.45) is 16.7 Å². The van der Waals surface area contributed by atoms with Crippen LogP contribution in [-0.2, 0) is 4.79 Å². The van der Waals surface area contributed by atoms with Gasteiger partial charge in [0, 0.05) is 51.2 Å². The van der Waals surface area contributed by atoms with E-state index in [1.54, 1.807) is 0 Å². The van der Waals surface area contributed by atoms with E-state index >= 15 is 0 Å². The number of hydrogen-bond donors (Lipinski definition) is 0. The van der Waals surface area contributed by atoms with Crippen molar-refractivity contribution in [3.05, 3.63) is 23.2 Å². The molecule has 6 heteroatoms. The first kappa shape index (κ1) is 21.4. The minimum absolute atomic E-state index is 0.0129. The van der Waals surface area contributed by atoms with Crippen molar-refractivity contribution in [2.45, 2.75) is 53.9 Å². The number of carbonyl (C=O) groups excluding carboxylic acids is 2. The summed E-state index contributed by atoms with van der Waals surface area (Å²) in [7, 11) is 0. The molecule has 4 heterocycles. The third-order valence-corrected chi connectivity index (χ3v) is 7.82. The summed E-state index contributed by atoms with van der Waals surface area (Å²) < 4.78 is 5.58. The van der Waals surface area contributed by atoms with Crippen LogP contribution in [-0.4, -0.2) is 72.3 Å². The average Bonchev–Trinajstić information content (AvgIpc) is 3.30. The van der Waals surface area contributed by atoms with E-state index < -0.39 is 0 Å². The van der Waals surface area contributed by atoms with Crippen molar-refractivity contribution in [2.75, 3.05) is 45.8 Å². The van der Waals surface area contributed by atoms with Crippen LogP contribution >= 0.6 is 0 Å². The van der Waals surface area contributed by atoms with Gasteiger partial charge in [-0.2, -0.15) is 0 Å². The van der Waals surface area contributed by atoms with Gasteiger partial charge in [-0.3, -0.25) is 9.59 Å². The van der Waals surface area contributed by atoms with Gasteiger partial charge in [-0.25, -0.2) is 0 Å². The van der Waals surface area contributed by atoms with Gasteiger partial charge in [0.1, 0.15) is 11.5 Å². The van der Waals surface area contributed by atoms with E-state index in [0.29, 0.717) is 23.1 Å². The summed E-state index contributed by atoms with van der Waals surface area (Å²) in [4.78, 5) is 33.2. The molecule has 1 unspecified atom stereocenters. The van der Waals surface area contributed by atoms with E-state index in [4.69, 9.17) is 4.42 Å². The van der Waals surface area contributed by atoms with Crippen LogP contribution in [0.15, 0.2) is 10.5 Å². The summed E-state index contributed by atoms with van der Waals surface area (Å²) in [5.74, 6) is 2.49. The van der Waals surface area contributed by atoms with Gasteiger partial charge in [0.15, 0.2) is 0 Å². The lowest BCUT2D eigenvalue weighted by Gasteiger charge is -2.47. The molecule has 6 nitrogen and oxygen atoms in total. The number of carbonyl (C=O) groups is 2. The Bertz CT molecular complexity index is 822. The van der Waals surface area contributed by atoms with Gasteiger partial charge in [0.25, 0.3) is 5.91 Å². The van der Waals surface area contributed by atoms with E-state index in [1.165, 1.54) is 0 Å². The Morgan fingerprint density at radius 2 is 1.83 bits per heavy atom. The van der Waals surface area contributed by atoms with E-state index in [2.05, 4.69) is 30.6 Å². The smallest absolute Gasteiger partial charge is 0.257 e. The highest BCUT2D eigenvalue weighted by atomic mass is 16.3. The number of piperidine rings is 1. The Hall–Kier alpha value is -1.82. The molecule has 2 amide bonds. The van der Waals surface area contributed by atoms with Gasteiger partial charge in [-0.05, 0) is 52.0 Å². The molecule has 1 aromatic heterocycles. The molecular weight excluding hydrogens is 378 g/mol. The lowest BCUT2D eigenvalue weighted by Crippen LogP contribution is -2.53. The zero-order valence-corrected chi connectivity index (χ0v) is 19.3. The summed E-state index contributed by atoms with van der Waals surface area (Å²) in [6, 6.07) is 1.85. The fourth-order valence-electron chi connectivity index (χ4n) is 6.40. The summed E-state index contributed by atoms with van der Waals surface area (Å²) in [5, 5.41) is 0. The maximum Gasteiger partial charge on any atom is 0.257 e. The average molecular weight is 416 g/mol. The number of hydrogen-bond acceptors (Lipinski definition) is 4. The molecule has 3 fully saturated rings. The normalized spacial score (nSPS) is 26.7. The topological polar surface area (TPSA) is 57.0 Å². The van der Waals surface area contributed by atoms with E-state index in [9.17, 15) is 9.59 Å². The second kappa shape index (κ2) is 7.70. The number of furan rings is 1. The summed E-state index contributed by atoms with van der Waals surface area (Å²) in [6.45, 7) is 16.4. The first-order valence-corrected chi connectivity index (χ1v) is 11.6. The largest absolute Gasteiger partial charge is 0.466 e. The second-order valence-corrected chi connectivity index (χ2v) is 10.2. The Morgan fingerprint density at radius 1 is 1.13 bits per heavy atom. The first-order valence-electron chi connectivity index (χ1n) is 11.6. The molecule has 0 bridgehead atoms. The fourth-order valence-corrected chi connectivity index (χ4v) is 6.40. The maximum atomic E-state index is 13.6. The van der Waals surface area contributed by atoms with Gasteiger partial charge in [0.05, 0.1) is 11.0 Å². The van der Waals surface area contributed by atoms with Crippen molar-refractivity contribution in [1.82, 2.24) is 14.7 Å². The van der Waals surface area contributed by atoms with Gasteiger partial charge in [0.2, 0.25) is 5.91 Å². The van der Waals surface area contributed by atoms with Crippen molar-refractivity contribution in [3.63, 3.8) is 0 Å². The van der Waals surface area contributed by atoms with Gasteiger partial charge < -0.3 is 19.1 Å². The second-order valence-electron chi connectivity index (χ2n) is 10.2. The molecular formula is C24H37N3O3. The van der Waals surface area contributed by atoms with Crippen LogP contribution in [0.5, 0.6) is 0 Å². The third kappa shape index (κ3) is 3.28. The minimum Gasteiger partial charge on any atom is -0.466 e. The van der Waals surface area contributed by atoms with Gasteiger partial charge in [-0.1, -0.05) is 13.8 Å². The maximum absolute atomic E-state index is 13.6. The molecule has 2 spiro atoms. The van der Waals surface area contributed by atoms with Crippen LogP contribution in [0.4, 0.5) is 0 Å². The Kier molecular flexibility index (Phi) is 5.50. The number of nitrogens with zero attached hydrogens (tertiary/aromatic N) is 3. The van der Waals surface area contributed by atoms with Crippen LogP contribution in [0.1, 0.15) is 61.9 Å². The molecule has 0 aliphatic carbocycles. The highest BCUT2D eigenvalue weighted by Crippen LogP contribution is 2.58. The van der Waals surface area contributed by atoms with Crippen LogP contribution < -0.4 is 0 Å². The highest BCUT2D eigenvalue weighted by molar-refractivity contribution is 5.95. The lowest BCUT2D eigenvalue weighted by atomic mass is 9.60. The summed E-state index contributed by atoms with van der Waals surface area (Å²) >= 11 is 0. The van der Waals surface area contributed by atoms with Crippen molar-refractivity contribution in [3.8, 4) is 0 Å². The SMILES string of the molecule is CCN1CCC2(CN(CC(C)C)CC23CCN(C(=O)c2cc(C)oc2C)CC3)C1=O. The predicted octanol–water partition coefficient (Wildman–Crippen LogP) is 3.33. The molecule has 166 valence electrons. The van der Waals surface area contributed by atoms with E-state index in [0.717, 1.165) is 70.8 Å². The van der Waals surface area contributed by atoms with Gasteiger partial charge in [-0.15, -0.1) is 0 Å². The Labute approximate surface area is 180 Å². The number of rotatable bonds is 4. The molecule has 30 heavy (non-hydrogen) atoms. The highest BCUT2D eigenvalue weighted by Gasteiger charge is 2.64. The molecule has 3 saturated heterocycles. The molecule has 0 N–H and O–H groups in total. The van der Waals surface area contributed by atoms with Gasteiger partial charge >= 0.3 is 0 Å². The van der Waals surface area contributed by atoms with Crippen LogP contribution in [0.2, 0.25) is 0 Å². The molecule has 0 radical (unpaired) electrons. The first-order chi connectivity index (χ1) is 14.2. The number of amides is 2. The van der Waals surface area contributed by atoms with E-state index in [-0.39, 0.29) is 16.7 Å². The van der Waals surface area contributed by atoms with Crippen LogP contribution in [0, 0.1) is 30.6 Å². The minimum atomic E-state index is -0.269. The monoisotopic (exact) mass is 415 g/mol. The Balaban J connectivity index is 1.56. The molecule has 0 saturated carbocycles. The van der Waals surface area contributed by atoms with Crippen molar-refractivity contribution < 1.29 is 14.0 Å². The number of likely N-dealkylation sites (tertiary alicyclic amines) is 3. The fraction of sp³-hybridized carbons (Fsp3) is 0.750. The van der Waals surface area contributed by atoms with Crippen LogP contribution in [0.3, 0.4) is 0 Å². The Morgan fingerprint density at radius 3 is 2.37 bits per heavy atom. The van der Waals surface area contributed by atoms with Crippen molar-refractivity contribution >= 4 is 11.8 Å². The zero-order chi connectivity index (χ0) is 21.7.